The summed E-state index contributed by atoms with van der Waals surface area (Å²) in [6, 6.07) is 0.401. The summed E-state index contributed by atoms with van der Waals surface area (Å²) in [5, 5.41) is 16.3. The van der Waals surface area contributed by atoms with Crippen LogP contribution in [-0.4, -0.2) is 116 Å². The van der Waals surface area contributed by atoms with Crippen LogP contribution >= 0.6 is 0 Å². The maximum absolute atomic E-state index is 16.0. The molecule has 0 bridgehead atoms. The monoisotopic (exact) mass is 588 g/mol. The van der Waals surface area contributed by atoms with Crippen molar-refractivity contribution in [3.05, 3.63) is 36.8 Å². The van der Waals surface area contributed by atoms with Gasteiger partial charge in [-0.05, 0) is 50.8 Å². The van der Waals surface area contributed by atoms with Crippen LogP contribution in [0.2, 0.25) is 0 Å². The van der Waals surface area contributed by atoms with Gasteiger partial charge in [0.05, 0.1) is 18.9 Å². The van der Waals surface area contributed by atoms with E-state index < -0.39 is 6.17 Å². The molecule has 2 saturated carbocycles. The number of carbonyl (C=O) groups excluding carboxylic acids is 1. The maximum atomic E-state index is 16.0. The number of amides is 1. The summed E-state index contributed by atoms with van der Waals surface area (Å²) < 4.78 is 28.6. The predicted molar refractivity (Wildman–Crippen MR) is 158 cm³/mol. The van der Waals surface area contributed by atoms with Gasteiger partial charge in [-0.3, -0.25) is 30.7 Å². The van der Waals surface area contributed by atoms with Crippen LogP contribution in [0.5, 0.6) is 0 Å². The van der Waals surface area contributed by atoms with Gasteiger partial charge in [0, 0.05) is 75.6 Å². The Morgan fingerprint density at radius 1 is 1.14 bits per heavy atom. The van der Waals surface area contributed by atoms with Crippen molar-refractivity contribution < 1.29 is 18.7 Å². The lowest BCUT2D eigenvalue weighted by Crippen LogP contribution is -2.72. The maximum Gasteiger partial charge on any atom is 0.246 e. The Kier molecular flexibility index (Phi) is 9.20. The number of nitrogens with zero attached hydrogens (tertiary/aromatic N) is 3. The molecule has 4 aliphatic heterocycles. The molecule has 11 nitrogen and oxygen atoms in total. The van der Waals surface area contributed by atoms with Gasteiger partial charge in [-0.2, -0.15) is 0 Å². The Morgan fingerprint density at radius 3 is 2.79 bits per heavy atom. The SMILES string of the molecule is C=CC(=O)N1CCN(C2CCC3NCNC(NC4CCC(OC5=CC6NCNN6C=C5)C(C)C4F)C3C2OC)C[C@H]1C. The van der Waals surface area contributed by atoms with Crippen LogP contribution in [0.3, 0.4) is 0 Å². The van der Waals surface area contributed by atoms with E-state index in [0.29, 0.717) is 32.3 Å². The number of carbonyl (C=O) groups is 1. The van der Waals surface area contributed by atoms with Gasteiger partial charge in [-0.1, -0.05) is 13.5 Å². The Hall–Kier alpha value is -2.06. The van der Waals surface area contributed by atoms with Gasteiger partial charge in [-0.15, -0.1) is 0 Å². The van der Waals surface area contributed by atoms with Crippen molar-refractivity contribution in [3.63, 3.8) is 0 Å². The number of hydrogen-bond donors (Lipinski definition) is 5. The highest BCUT2D eigenvalue weighted by atomic mass is 19.1. The van der Waals surface area contributed by atoms with E-state index in [9.17, 15) is 4.79 Å². The molecular weight excluding hydrogens is 539 g/mol. The highest BCUT2D eigenvalue weighted by Crippen LogP contribution is 2.37. The normalized spacial score (nSPS) is 42.5. The van der Waals surface area contributed by atoms with E-state index in [0.717, 1.165) is 38.1 Å². The summed E-state index contributed by atoms with van der Waals surface area (Å²) in [6.07, 6.45) is 9.74. The minimum atomic E-state index is -1.02. The lowest BCUT2D eigenvalue weighted by molar-refractivity contribution is -0.134. The number of nitrogens with one attached hydrogen (secondary N) is 5. The van der Waals surface area contributed by atoms with Crippen LogP contribution in [0.25, 0.3) is 0 Å². The number of alkyl halides is 1. The zero-order valence-corrected chi connectivity index (χ0v) is 25.2. The summed E-state index contributed by atoms with van der Waals surface area (Å²) >= 11 is 0. The number of piperazine rings is 1. The van der Waals surface area contributed by atoms with E-state index in [2.05, 4.69) is 45.1 Å². The average molecular weight is 589 g/mol. The first-order valence-corrected chi connectivity index (χ1v) is 15.8. The van der Waals surface area contributed by atoms with E-state index in [-0.39, 0.29) is 60.4 Å². The van der Waals surface area contributed by atoms with Crippen molar-refractivity contribution >= 4 is 5.91 Å². The van der Waals surface area contributed by atoms with Gasteiger partial charge in [0.25, 0.3) is 0 Å². The molecule has 42 heavy (non-hydrogen) atoms. The van der Waals surface area contributed by atoms with E-state index in [1.54, 1.807) is 7.11 Å². The summed E-state index contributed by atoms with van der Waals surface area (Å²) in [7, 11) is 1.81. The van der Waals surface area contributed by atoms with Crippen LogP contribution in [0.15, 0.2) is 36.8 Å². The molecule has 0 radical (unpaired) electrons. The third-order valence-corrected chi connectivity index (χ3v) is 10.4. The standard InChI is InChI=1S/C30H49FN8O3/c1-5-26(40)38-13-12-37(15-18(38)2)23-8-6-21-27(29(23)41-4)30(34-16-32-21)36-22-7-9-24(19(3)28(22)31)42-20-10-11-39-25(14-20)33-17-35-39/h5,10-11,14,18-19,21-25,27-30,32-36H,1,6-9,12-13,15-17H2,2-4H3/t18-,19?,21?,22?,23?,24?,25?,27?,28?,29?,30?/m1/s1. The molecule has 5 fully saturated rings. The van der Waals surface area contributed by atoms with E-state index >= 15 is 4.39 Å². The minimum Gasteiger partial charge on any atom is -0.490 e. The fourth-order valence-corrected chi connectivity index (χ4v) is 8.15. The molecule has 0 spiro atoms. The van der Waals surface area contributed by atoms with Crippen molar-refractivity contribution in [3.8, 4) is 0 Å². The predicted octanol–water partition coefficient (Wildman–Crippen LogP) is 0.560. The van der Waals surface area contributed by atoms with Gasteiger partial charge in [0.1, 0.15) is 24.2 Å². The lowest BCUT2D eigenvalue weighted by atomic mass is 9.74. The van der Waals surface area contributed by atoms with Crippen molar-refractivity contribution in [2.45, 2.75) is 94.4 Å². The number of fused-ring (bicyclic) bond motifs is 2. The van der Waals surface area contributed by atoms with Gasteiger partial charge in [0.2, 0.25) is 5.91 Å². The number of methoxy groups -OCH3 is 1. The topological polar surface area (TPSA) is 105 Å². The first-order chi connectivity index (χ1) is 20.4. The van der Waals surface area contributed by atoms with Gasteiger partial charge < -0.3 is 19.7 Å². The quantitative estimate of drug-likeness (QED) is 0.271. The number of halogens is 1. The molecule has 3 saturated heterocycles. The van der Waals surface area contributed by atoms with Crippen LogP contribution in [-0.2, 0) is 14.3 Å². The summed E-state index contributed by atoms with van der Waals surface area (Å²) in [5.74, 6) is 0.709. The molecule has 0 aromatic carbocycles. The zero-order valence-electron chi connectivity index (χ0n) is 25.2. The lowest BCUT2D eigenvalue weighted by Gasteiger charge is -2.54. The Bertz CT molecular complexity index is 1050. The fraction of sp³-hybridized carbons (Fsp3) is 0.767. The second-order valence-corrected chi connectivity index (χ2v) is 12.8. The minimum absolute atomic E-state index is 0.00378. The van der Waals surface area contributed by atoms with Crippen LogP contribution in [0.1, 0.15) is 39.5 Å². The third-order valence-electron chi connectivity index (χ3n) is 10.4. The largest absolute Gasteiger partial charge is 0.490 e. The van der Waals surface area contributed by atoms with Crippen LogP contribution < -0.4 is 26.7 Å². The average Bonchev–Trinajstić information content (AvgIpc) is 3.48. The van der Waals surface area contributed by atoms with E-state index in [1.165, 1.54) is 6.08 Å². The Morgan fingerprint density at radius 2 is 2.00 bits per heavy atom. The van der Waals surface area contributed by atoms with Crippen LogP contribution in [0.4, 0.5) is 4.39 Å². The molecule has 5 N–H and O–H groups in total. The number of ether oxygens (including phenoxy) is 2. The van der Waals surface area contributed by atoms with Gasteiger partial charge in [0.15, 0.2) is 0 Å². The second kappa shape index (κ2) is 12.9. The van der Waals surface area contributed by atoms with Crippen molar-refractivity contribution in [2.24, 2.45) is 11.8 Å². The summed E-state index contributed by atoms with van der Waals surface area (Å²) in [4.78, 5) is 16.7. The Labute approximate surface area is 249 Å². The van der Waals surface area contributed by atoms with Crippen molar-refractivity contribution in [1.82, 2.24) is 41.5 Å². The molecule has 6 rings (SSSR count). The molecule has 10 unspecified atom stereocenters. The van der Waals surface area contributed by atoms with E-state index in [1.807, 2.05) is 35.2 Å². The molecule has 2 aliphatic carbocycles. The van der Waals surface area contributed by atoms with E-state index in [4.69, 9.17) is 9.47 Å². The molecule has 0 aromatic rings. The highest BCUT2D eigenvalue weighted by molar-refractivity contribution is 5.87. The number of allylic oxidation sites excluding steroid dienone is 1. The number of rotatable bonds is 7. The molecule has 11 atom stereocenters. The molecule has 4 heterocycles. The summed E-state index contributed by atoms with van der Waals surface area (Å²) in [5.41, 5.74) is 3.23. The number of hydrogen-bond acceptors (Lipinski definition) is 10. The molecular formula is C30H49FN8O3. The second-order valence-electron chi connectivity index (χ2n) is 12.8. The third kappa shape index (κ3) is 5.87. The van der Waals surface area contributed by atoms with Gasteiger partial charge in [-0.25, -0.2) is 9.82 Å². The zero-order chi connectivity index (χ0) is 29.4. The first kappa shape index (κ1) is 30.0. The number of hydrazine groups is 1. The van der Waals surface area contributed by atoms with Crippen molar-refractivity contribution in [2.75, 3.05) is 40.1 Å². The fourth-order valence-electron chi connectivity index (χ4n) is 8.15. The van der Waals surface area contributed by atoms with Gasteiger partial charge >= 0.3 is 0 Å². The Balaban J connectivity index is 1.09. The molecule has 0 aromatic heterocycles. The molecule has 234 valence electrons. The molecule has 6 aliphatic rings. The summed E-state index contributed by atoms with van der Waals surface area (Å²) in [6.45, 7) is 11.5. The molecule has 1 amide bonds. The smallest absolute Gasteiger partial charge is 0.246 e. The molecule has 12 heteroatoms. The van der Waals surface area contributed by atoms with Crippen molar-refractivity contribution in [1.29, 1.82) is 0 Å². The van der Waals surface area contributed by atoms with Crippen LogP contribution in [0, 0.1) is 11.8 Å². The highest BCUT2D eigenvalue weighted by Gasteiger charge is 2.49. The first-order valence-electron chi connectivity index (χ1n) is 15.8.